The van der Waals surface area contributed by atoms with Gasteiger partial charge in [0.2, 0.25) is 0 Å². The number of pyridine rings is 2. The molecule has 2 aromatic heterocycles. The third-order valence-electron chi connectivity index (χ3n) is 2.80. The monoisotopic (exact) mass is 396 g/mol. The lowest BCUT2D eigenvalue weighted by molar-refractivity contribution is -0.687. The van der Waals surface area contributed by atoms with Crippen molar-refractivity contribution in [3.05, 3.63) is 74.4 Å². The molecule has 0 unspecified atom stereocenters. The molecule has 2 rings (SSSR count). The Hall–Kier alpha value is -1.26. The number of aromatic nitrogens is 2. The van der Waals surface area contributed by atoms with Crippen LogP contribution in [0.25, 0.3) is 11.1 Å². The molecule has 20 heavy (non-hydrogen) atoms. The molecule has 0 aliphatic rings. The van der Waals surface area contributed by atoms with E-state index in [0.29, 0.717) is 0 Å². The first-order valence-corrected chi connectivity index (χ1v) is 6.04. The minimum absolute atomic E-state index is 0. The Balaban J connectivity index is 0.00000180. The first kappa shape index (κ1) is 18.7. The Morgan fingerprint density at radius 2 is 1.00 bits per heavy atom. The second-order valence-corrected chi connectivity index (χ2v) is 4.14. The summed E-state index contributed by atoms with van der Waals surface area (Å²) in [5, 5.41) is 0. The lowest BCUT2D eigenvalue weighted by Crippen LogP contribution is -3.00. The fourth-order valence-corrected chi connectivity index (χ4v) is 1.84. The first-order chi connectivity index (χ1) is 8.83. The number of rotatable bonds is 5. The Kier molecular flexibility index (Phi) is 9.01. The number of allylic oxidation sites excluding steroid dienone is 2. The van der Waals surface area contributed by atoms with Crippen LogP contribution >= 0.6 is 0 Å². The zero-order valence-corrected chi connectivity index (χ0v) is 14.4. The molecule has 2 aromatic rings. The van der Waals surface area contributed by atoms with Crippen molar-refractivity contribution >= 4 is 0 Å². The maximum absolute atomic E-state index is 3.73. The molecule has 2 heterocycles. The van der Waals surface area contributed by atoms with Crippen LogP contribution in [0, 0.1) is 0 Å². The predicted octanol–water partition coefficient (Wildman–Crippen LogP) is -3.69. The molecule has 0 fully saturated rings. The highest BCUT2D eigenvalue weighted by Gasteiger charge is 2.03. The van der Waals surface area contributed by atoms with Crippen molar-refractivity contribution in [3.8, 4) is 11.1 Å². The Labute approximate surface area is 141 Å². The Bertz CT molecular complexity index is 482. The molecule has 0 amide bonds. The van der Waals surface area contributed by atoms with E-state index in [2.05, 4.69) is 71.3 Å². The molecule has 0 aromatic carbocycles. The minimum atomic E-state index is 0. The van der Waals surface area contributed by atoms with Gasteiger partial charge in [-0.2, -0.15) is 0 Å². The lowest BCUT2D eigenvalue weighted by atomic mass is 10.1. The van der Waals surface area contributed by atoms with Crippen LogP contribution in [0.5, 0.6) is 0 Å². The molecule has 0 spiro atoms. The van der Waals surface area contributed by atoms with Gasteiger partial charge in [0.1, 0.15) is 0 Å². The van der Waals surface area contributed by atoms with Gasteiger partial charge in [-0.3, -0.25) is 0 Å². The molecule has 0 atom stereocenters. The van der Waals surface area contributed by atoms with Crippen LogP contribution in [0.3, 0.4) is 0 Å². The van der Waals surface area contributed by atoms with Gasteiger partial charge in [0, 0.05) is 24.3 Å². The zero-order chi connectivity index (χ0) is 12.8. The van der Waals surface area contributed by atoms with Crippen molar-refractivity contribution in [1.29, 1.82) is 0 Å². The van der Waals surface area contributed by atoms with E-state index in [4.69, 9.17) is 0 Å². The smallest absolute Gasteiger partial charge is 0.169 e. The highest BCUT2D eigenvalue weighted by molar-refractivity contribution is 5.60. The van der Waals surface area contributed by atoms with E-state index in [1.165, 1.54) is 11.1 Å². The Morgan fingerprint density at radius 3 is 1.25 bits per heavy atom. The highest BCUT2D eigenvalue weighted by atomic mass is 79.9. The third-order valence-corrected chi connectivity index (χ3v) is 2.80. The van der Waals surface area contributed by atoms with Crippen LogP contribution in [-0.2, 0) is 13.1 Å². The second-order valence-electron chi connectivity index (χ2n) is 4.14. The number of halogens is 2. The SMILES string of the molecule is C=CC[n+]1ccc(-c2cc[n+](CC=C)cc2)cc1.[Br-].[Br-]. The molecule has 0 saturated carbocycles. The second kappa shape index (κ2) is 9.61. The van der Waals surface area contributed by atoms with E-state index >= 15 is 0 Å². The van der Waals surface area contributed by atoms with E-state index in [1.807, 2.05) is 12.2 Å². The maximum atomic E-state index is 3.73. The first-order valence-electron chi connectivity index (χ1n) is 6.04. The van der Waals surface area contributed by atoms with Crippen molar-refractivity contribution in [1.82, 2.24) is 0 Å². The molecule has 0 radical (unpaired) electrons. The summed E-state index contributed by atoms with van der Waals surface area (Å²) in [7, 11) is 0. The van der Waals surface area contributed by atoms with Crippen LogP contribution in [0.2, 0.25) is 0 Å². The van der Waals surface area contributed by atoms with E-state index in [9.17, 15) is 0 Å². The molecule has 106 valence electrons. The standard InChI is InChI=1S/C16H18N2.2BrH/c1-3-9-17-11-5-15(6-12-17)16-7-13-18(10-4-2)14-8-16;;/h3-8,11-14H,1-2,9-10H2;2*1H/q+2;;/p-2. The summed E-state index contributed by atoms with van der Waals surface area (Å²) in [6.07, 6.45) is 12.1. The van der Waals surface area contributed by atoms with Gasteiger partial charge in [0.05, 0.1) is 0 Å². The van der Waals surface area contributed by atoms with Crippen LogP contribution in [0.4, 0.5) is 0 Å². The molecule has 4 heteroatoms. The summed E-state index contributed by atoms with van der Waals surface area (Å²) in [5.74, 6) is 0. The summed E-state index contributed by atoms with van der Waals surface area (Å²) >= 11 is 0. The highest BCUT2D eigenvalue weighted by Crippen LogP contribution is 2.15. The van der Waals surface area contributed by atoms with Crippen molar-refractivity contribution in [2.24, 2.45) is 0 Å². The van der Waals surface area contributed by atoms with E-state index < -0.39 is 0 Å². The van der Waals surface area contributed by atoms with Gasteiger partial charge in [-0.15, -0.1) is 0 Å². The topological polar surface area (TPSA) is 7.76 Å². The van der Waals surface area contributed by atoms with Crippen molar-refractivity contribution in [2.75, 3.05) is 0 Å². The van der Waals surface area contributed by atoms with Crippen molar-refractivity contribution < 1.29 is 43.1 Å². The van der Waals surface area contributed by atoms with Gasteiger partial charge in [0.15, 0.2) is 37.9 Å². The van der Waals surface area contributed by atoms with Gasteiger partial charge < -0.3 is 34.0 Å². The summed E-state index contributed by atoms with van der Waals surface area (Å²) < 4.78 is 4.19. The molecular weight excluding hydrogens is 380 g/mol. The fourth-order valence-electron chi connectivity index (χ4n) is 1.84. The average molecular weight is 398 g/mol. The van der Waals surface area contributed by atoms with Crippen LogP contribution in [0.1, 0.15) is 0 Å². The van der Waals surface area contributed by atoms with Gasteiger partial charge in [-0.25, -0.2) is 9.13 Å². The largest absolute Gasteiger partial charge is 1.00 e. The fraction of sp³-hybridized carbons (Fsp3) is 0.125. The summed E-state index contributed by atoms with van der Waals surface area (Å²) in [6, 6.07) is 8.49. The predicted molar refractivity (Wildman–Crippen MR) is 72.7 cm³/mol. The molecule has 0 saturated heterocycles. The van der Waals surface area contributed by atoms with Gasteiger partial charge >= 0.3 is 0 Å². The number of hydrogen-bond donors (Lipinski definition) is 0. The minimum Gasteiger partial charge on any atom is -1.00 e. The van der Waals surface area contributed by atoms with Crippen molar-refractivity contribution in [3.63, 3.8) is 0 Å². The molecule has 0 N–H and O–H groups in total. The van der Waals surface area contributed by atoms with E-state index in [-0.39, 0.29) is 34.0 Å². The number of nitrogens with zero attached hydrogens (tertiary/aromatic N) is 2. The molecule has 0 aliphatic carbocycles. The van der Waals surface area contributed by atoms with Gasteiger partial charge in [-0.1, -0.05) is 13.2 Å². The summed E-state index contributed by atoms with van der Waals surface area (Å²) in [5.41, 5.74) is 2.45. The molecule has 0 bridgehead atoms. The van der Waals surface area contributed by atoms with Crippen LogP contribution in [0.15, 0.2) is 74.4 Å². The van der Waals surface area contributed by atoms with Gasteiger partial charge in [-0.05, 0) is 23.3 Å². The average Bonchev–Trinajstić information content (AvgIpc) is 2.41. The van der Waals surface area contributed by atoms with Crippen LogP contribution in [-0.4, -0.2) is 0 Å². The normalized spacial score (nSPS) is 9.00. The zero-order valence-electron chi connectivity index (χ0n) is 11.3. The lowest BCUT2D eigenvalue weighted by Gasteiger charge is -1.99. The summed E-state index contributed by atoms with van der Waals surface area (Å²) in [6.45, 7) is 9.15. The molecular formula is C16H18Br2N2. The quantitative estimate of drug-likeness (QED) is 0.362. The summed E-state index contributed by atoms with van der Waals surface area (Å²) in [4.78, 5) is 0. The third kappa shape index (κ3) is 5.02. The van der Waals surface area contributed by atoms with E-state index in [1.54, 1.807) is 0 Å². The van der Waals surface area contributed by atoms with Gasteiger partial charge in [0.25, 0.3) is 0 Å². The molecule has 2 nitrogen and oxygen atoms in total. The van der Waals surface area contributed by atoms with Crippen LogP contribution < -0.4 is 43.1 Å². The van der Waals surface area contributed by atoms with Crippen molar-refractivity contribution in [2.45, 2.75) is 13.1 Å². The Morgan fingerprint density at radius 1 is 0.700 bits per heavy atom. The maximum Gasteiger partial charge on any atom is 0.169 e. The van der Waals surface area contributed by atoms with E-state index in [0.717, 1.165) is 13.1 Å². The number of hydrogen-bond acceptors (Lipinski definition) is 0. The molecule has 0 aliphatic heterocycles.